The molecule has 3 rings (SSSR count). The number of aryl methyl sites for hydroxylation is 1. The maximum absolute atomic E-state index is 9.49. The van der Waals surface area contributed by atoms with E-state index < -0.39 is 0 Å². The van der Waals surface area contributed by atoms with E-state index in [1.807, 2.05) is 19.3 Å². The Bertz CT molecular complexity index is 826. The number of anilines is 1. The van der Waals surface area contributed by atoms with Crippen LogP contribution >= 0.6 is 0 Å². The summed E-state index contributed by atoms with van der Waals surface area (Å²) >= 11 is 0. The average Bonchev–Trinajstić information content (AvgIpc) is 3.19. The van der Waals surface area contributed by atoms with Gasteiger partial charge in [-0.05, 0) is 12.0 Å². The number of aliphatic hydroxyl groups is 1. The first-order chi connectivity index (χ1) is 12.0. The summed E-state index contributed by atoms with van der Waals surface area (Å²) in [6, 6.07) is 1.96. The van der Waals surface area contributed by atoms with Gasteiger partial charge in [-0.2, -0.15) is 5.10 Å². The third kappa shape index (κ3) is 4.32. The van der Waals surface area contributed by atoms with E-state index in [1.54, 1.807) is 10.9 Å². The first-order valence-corrected chi connectivity index (χ1v) is 7.78. The van der Waals surface area contributed by atoms with E-state index in [1.165, 1.54) is 6.33 Å². The lowest BCUT2D eigenvalue weighted by molar-refractivity contribution is -0.122. The summed E-state index contributed by atoms with van der Waals surface area (Å²) in [7, 11) is 1.88. The van der Waals surface area contributed by atoms with Crippen LogP contribution in [0.15, 0.2) is 24.8 Å². The van der Waals surface area contributed by atoms with Gasteiger partial charge in [0.05, 0.1) is 29.9 Å². The maximum atomic E-state index is 9.49. The zero-order valence-electron chi connectivity index (χ0n) is 14.3. The number of aliphatic hydroxyl groups excluding tert-OH is 1. The van der Waals surface area contributed by atoms with Gasteiger partial charge in [0.2, 0.25) is 0 Å². The molecular formula is C16H22N6O3. The Morgan fingerprint density at radius 2 is 2.12 bits per heavy atom. The van der Waals surface area contributed by atoms with Gasteiger partial charge in [-0.15, -0.1) is 0 Å². The van der Waals surface area contributed by atoms with E-state index in [2.05, 4.69) is 39.2 Å². The summed E-state index contributed by atoms with van der Waals surface area (Å²) in [5.41, 5.74) is 2.70. The number of nitrogens with one attached hydrogen (secondary N) is 2. The van der Waals surface area contributed by atoms with Crippen LogP contribution in [-0.4, -0.2) is 54.1 Å². The third-order valence-electron chi connectivity index (χ3n) is 3.77. The predicted molar refractivity (Wildman–Crippen MR) is 94.1 cm³/mol. The second-order valence-electron chi connectivity index (χ2n) is 5.85. The van der Waals surface area contributed by atoms with Crippen LogP contribution in [0.5, 0.6) is 0 Å². The summed E-state index contributed by atoms with van der Waals surface area (Å²) in [5, 5.41) is 24.8. The van der Waals surface area contributed by atoms with E-state index >= 15 is 0 Å². The van der Waals surface area contributed by atoms with Gasteiger partial charge in [0, 0.05) is 18.8 Å². The van der Waals surface area contributed by atoms with Crippen LogP contribution in [-0.2, 0) is 11.8 Å². The van der Waals surface area contributed by atoms with Crippen molar-refractivity contribution in [2.24, 2.45) is 13.0 Å². The largest absolute Gasteiger partial charge is 0.483 e. The van der Waals surface area contributed by atoms with Crippen LogP contribution in [0.3, 0.4) is 0 Å². The molecular weight excluding hydrogens is 324 g/mol. The smallest absolute Gasteiger partial charge is 0.290 e. The monoisotopic (exact) mass is 346 g/mol. The molecule has 1 atom stereocenters. The highest BCUT2D eigenvalue weighted by molar-refractivity contribution is 5.91. The molecule has 0 saturated heterocycles. The van der Waals surface area contributed by atoms with Gasteiger partial charge in [0.25, 0.3) is 6.47 Å². The lowest BCUT2D eigenvalue weighted by atomic mass is 10.1. The Kier molecular flexibility index (Phi) is 6.07. The number of aromatic nitrogens is 5. The number of rotatable bonds is 5. The molecule has 0 saturated carbocycles. The molecule has 3 aromatic rings. The summed E-state index contributed by atoms with van der Waals surface area (Å²) in [6.07, 6.45) is 5.26. The Balaban J connectivity index is 0.000000701. The fourth-order valence-corrected chi connectivity index (χ4v) is 2.37. The van der Waals surface area contributed by atoms with Crippen LogP contribution in [0.4, 0.5) is 5.82 Å². The van der Waals surface area contributed by atoms with Crippen LogP contribution in [0.1, 0.15) is 13.8 Å². The number of nitrogens with zero attached hydrogens (tertiary/aromatic N) is 4. The molecule has 3 aromatic heterocycles. The quantitative estimate of drug-likeness (QED) is 0.515. The van der Waals surface area contributed by atoms with Gasteiger partial charge in [-0.1, -0.05) is 13.8 Å². The molecule has 25 heavy (non-hydrogen) atoms. The van der Waals surface area contributed by atoms with Crippen molar-refractivity contribution < 1.29 is 15.0 Å². The highest BCUT2D eigenvalue weighted by Gasteiger charge is 2.16. The molecule has 3 heterocycles. The molecule has 0 aliphatic rings. The first-order valence-electron chi connectivity index (χ1n) is 7.78. The number of aromatic amines is 1. The summed E-state index contributed by atoms with van der Waals surface area (Å²) in [4.78, 5) is 20.2. The van der Waals surface area contributed by atoms with Crippen molar-refractivity contribution in [1.29, 1.82) is 0 Å². The Morgan fingerprint density at radius 3 is 2.68 bits per heavy atom. The van der Waals surface area contributed by atoms with Crippen molar-refractivity contribution in [3.05, 3.63) is 24.8 Å². The van der Waals surface area contributed by atoms with Crippen molar-refractivity contribution >= 4 is 23.3 Å². The van der Waals surface area contributed by atoms with Crippen molar-refractivity contribution in [2.75, 3.05) is 11.9 Å². The maximum Gasteiger partial charge on any atom is 0.290 e. The zero-order valence-corrected chi connectivity index (χ0v) is 14.3. The number of hydrogen-bond acceptors (Lipinski definition) is 6. The molecule has 9 nitrogen and oxygen atoms in total. The third-order valence-corrected chi connectivity index (χ3v) is 3.77. The molecule has 0 amide bonds. The van der Waals surface area contributed by atoms with E-state index in [-0.39, 0.29) is 19.1 Å². The highest BCUT2D eigenvalue weighted by atomic mass is 16.3. The molecule has 0 fully saturated rings. The molecule has 0 aliphatic heterocycles. The lowest BCUT2D eigenvalue weighted by Gasteiger charge is -2.20. The Morgan fingerprint density at radius 1 is 1.40 bits per heavy atom. The number of fused-ring (bicyclic) bond motifs is 1. The highest BCUT2D eigenvalue weighted by Crippen LogP contribution is 2.27. The van der Waals surface area contributed by atoms with Crippen LogP contribution in [0, 0.1) is 5.92 Å². The number of carboxylic acid groups (broad SMARTS) is 1. The SMILES string of the molecule is CC(C)[C@H](CO)Nc1ncnc2[nH]c(-c3cnn(C)c3)cc12.O=CO. The molecule has 0 aromatic carbocycles. The second-order valence-corrected chi connectivity index (χ2v) is 5.85. The normalized spacial score (nSPS) is 11.9. The molecule has 0 unspecified atom stereocenters. The van der Waals surface area contributed by atoms with Crippen molar-refractivity contribution in [1.82, 2.24) is 24.7 Å². The van der Waals surface area contributed by atoms with Crippen LogP contribution in [0.25, 0.3) is 22.3 Å². The van der Waals surface area contributed by atoms with Crippen molar-refractivity contribution in [3.63, 3.8) is 0 Å². The van der Waals surface area contributed by atoms with Gasteiger partial charge in [0.1, 0.15) is 17.8 Å². The molecule has 0 spiro atoms. The summed E-state index contributed by atoms with van der Waals surface area (Å²) in [5.74, 6) is 1.02. The standard InChI is InChI=1S/C15H20N6O.CH2O2/c1-9(2)13(7-22)20-15-11-4-12(10-5-18-21(3)6-10)19-14(11)16-8-17-15;2-1-3/h4-6,8-9,13,22H,7H2,1-3H3,(H2,16,17,19,20);1H,(H,2,3)/t13-;/m0./s1. The average molecular weight is 346 g/mol. The topological polar surface area (TPSA) is 129 Å². The van der Waals surface area contributed by atoms with E-state index in [0.29, 0.717) is 5.92 Å². The van der Waals surface area contributed by atoms with Crippen molar-refractivity contribution in [2.45, 2.75) is 19.9 Å². The minimum Gasteiger partial charge on any atom is -0.483 e. The lowest BCUT2D eigenvalue weighted by Crippen LogP contribution is -2.29. The van der Waals surface area contributed by atoms with Crippen LogP contribution < -0.4 is 5.32 Å². The fraction of sp³-hybridized carbons (Fsp3) is 0.375. The molecule has 4 N–H and O–H groups in total. The molecule has 134 valence electrons. The minimum absolute atomic E-state index is 0.0464. The Labute approximate surface area is 144 Å². The second kappa shape index (κ2) is 8.25. The Hall–Kier alpha value is -2.94. The van der Waals surface area contributed by atoms with Gasteiger partial charge in [-0.25, -0.2) is 9.97 Å². The molecule has 0 bridgehead atoms. The van der Waals surface area contributed by atoms with Crippen molar-refractivity contribution in [3.8, 4) is 11.3 Å². The predicted octanol–water partition coefficient (Wildman–Crippen LogP) is 1.49. The van der Waals surface area contributed by atoms with Gasteiger partial charge in [-0.3, -0.25) is 9.48 Å². The van der Waals surface area contributed by atoms with E-state index in [4.69, 9.17) is 9.90 Å². The van der Waals surface area contributed by atoms with E-state index in [9.17, 15) is 5.11 Å². The van der Waals surface area contributed by atoms with Gasteiger partial charge in [0.15, 0.2) is 0 Å². The van der Waals surface area contributed by atoms with Gasteiger partial charge >= 0.3 is 0 Å². The summed E-state index contributed by atoms with van der Waals surface area (Å²) < 4.78 is 1.76. The number of hydrogen-bond donors (Lipinski definition) is 4. The number of carbonyl (C=O) groups is 1. The van der Waals surface area contributed by atoms with Gasteiger partial charge < -0.3 is 20.5 Å². The number of H-pyrrole nitrogens is 1. The zero-order chi connectivity index (χ0) is 18.4. The molecule has 0 aliphatic carbocycles. The van der Waals surface area contributed by atoms with Crippen LogP contribution in [0.2, 0.25) is 0 Å². The molecule has 0 radical (unpaired) electrons. The molecule has 9 heteroatoms. The fourth-order valence-electron chi connectivity index (χ4n) is 2.37. The minimum atomic E-state index is -0.250. The summed E-state index contributed by atoms with van der Waals surface area (Å²) in [6.45, 7) is 3.93. The van der Waals surface area contributed by atoms with E-state index in [0.717, 1.165) is 28.1 Å². The first kappa shape index (κ1) is 18.4.